The lowest BCUT2D eigenvalue weighted by Gasteiger charge is -2.06. The molecular formula is C19H13F4N5OS2. The Labute approximate surface area is 181 Å². The lowest BCUT2D eigenvalue weighted by molar-refractivity contribution is -0.137. The van der Waals surface area contributed by atoms with Crippen molar-refractivity contribution >= 4 is 28.2 Å². The Morgan fingerprint density at radius 3 is 2.65 bits per heavy atom. The van der Waals surface area contributed by atoms with Crippen molar-refractivity contribution in [1.29, 1.82) is 0 Å². The van der Waals surface area contributed by atoms with E-state index < -0.39 is 11.7 Å². The lowest BCUT2D eigenvalue weighted by Crippen LogP contribution is -2.04. The first-order valence-electron chi connectivity index (χ1n) is 8.82. The minimum Gasteiger partial charge on any atom is -0.356 e. The number of hydrogen-bond acceptors (Lipinski definition) is 8. The van der Waals surface area contributed by atoms with E-state index in [4.69, 9.17) is 4.52 Å². The summed E-state index contributed by atoms with van der Waals surface area (Å²) in [5, 5.41) is 15.6. The predicted molar refractivity (Wildman–Crippen MR) is 108 cm³/mol. The van der Waals surface area contributed by atoms with E-state index in [-0.39, 0.29) is 23.1 Å². The van der Waals surface area contributed by atoms with E-state index >= 15 is 0 Å². The molecule has 0 spiro atoms. The van der Waals surface area contributed by atoms with Crippen molar-refractivity contribution in [1.82, 2.24) is 20.3 Å². The topological polar surface area (TPSA) is 76.7 Å². The number of rotatable bonds is 7. The molecule has 1 N–H and O–H groups in total. The second-order valence-electron chi connectivity index (χ2n) is 6.23. The zero-order valence-electron chi connectivity index (χ0n) is 15.6. The third kappa shape index (κ3) is 5.58. The molecule has 0 unspecified atom stereocenters. The number of halogens is 4. The maximum atomic E-state index is 12.9. The maximum absolute atomic E-state index is 12.9. The fraction of sp³-hybridized carbons (Fsp3) is 0.158. The monoisotopic (exact) mass is 467 g/mol. The molecule has 2 heterocycles. The van der Waals surface area contributed by atoms with E-state index in [0.29, 0.717) is 21.8 Å². The number of benzene rings is 2. The van der Waals surface area contributed by atoms with Crippen molar-refractivity contribution in [3.8, 4) is 11.4 Å². The molecule has 2 aromatic carbocycles. The van der Waals surface area contributed by atoms with Crippen LogP contribution in [0.2, 0.25) is 0 Å². The molecule has 0 fully saturated rings. The van der Waals surface area contributed by atoms with E-state index in [9.17, 15) is 17.6 Å². The van der Waals surface area contributed by atoms with Gasteiger partial charge in [0.2, 0.25) is 16.8 Å². The van der Waals surface area contributed by atoms with Crippen molar-refractivity contribution in [2.45, 2.75) is 22.8 Å². The third-order valence-electron chi connectivity index (χ3n) is 4.00. The van der Waals surface area contributed by atoms with Crippen molar-refractivity contribution in [2.24, 2.45) is 0 Å². The van der Waals surface area contributed by atoms with E-state index in [0.717, 1.165) is 17.7 Å². The van der Waals surface area contributed by atoms with Gasteiger partial charge in [0, 0.05) is 12.1 Å². The molecule has 2 aromatic heterocycles. The number of alkyl halides is 3. The number of thioether (sulfide) groups is 1. The van der Waals surface area contributed by atoms with Crippen LogP contribution in [0.5, 0.6) is 0 Å². The molecule has 0 aliphatic rings. The minimum absolute atomic E-state index is 0.0839. The predicted octanol–water partition coefficient (Wildman–Crippen LogP) is 5.65. The Hall–Kier alpha value is -2.99. The summed E-state index contributed by atoms with van der Waals surface area (Å²) in [6, 6.07) is 10.9. The molecule has 0 radical (unpaired) electrons. The second-order valence-corrected chi connectivity index (χ2v) is 8.43. The largest absolute Gasteiger partial charge is 0.416 e. The molecular weight excluding hydrogens is 454 g/mol. The van der Waals surface area contributed by atoms with Crippen LogP contribution >= 0.6 is 23.1 Å². The van der Waals surface area contributed by atoms with Gasteiger partial charge in [-0.3, -0.25) is 0 Å². The smallest absolute Gasteiger partial charge is 0.356 e. The Morgan fingerprint density at radius 2 is 1.87 bits per heavy atom. The summed E-state index contributed by atoms with van der Waals surface area (Å²) in [7, 11) is 0. The van der Waals surface area contributed by atoms with Gasteiger partial charge in [0.1, 0.15) is 5.82 Å². The summed E-state index contributed by atoms with van der Waals surface area (Å²) in [6.45, 7) is 0.476. The Balaban J connectivity index is 1.33. The molecule has 0 saturated heterocycles. The van der Waals surface area contributed by atoms with Gasteiger partial charge in [0.15, 0.2) is 4.34 Å². The standard InChI is InChI=1S/C19H13F4N5OS2/c20-14-6-4-11(5-7-14)9-24-17-26-27-18(31-17)30-10-15-25-16(28-29-15)12-2-1-3-13(8-12)19(21,22)23/h1-8H,9-10H2,(H,24,26). The SMILES string of the molecule is Fc1ccc(CNc2nnc(SCc3nc(-c4cccc(C(F)(F)F)c4)no3)s2)cc1. The number of anilines is 1. The zero-order chi connectivity index (χ0) is 21.8. The first kappa shape index (κ1) is 21.2. The van der Waals surface area contributed by atoms with Crippen LogP contribution in [0.25, 0.3) is 11.4 Å². The van der Waals surface area contributed by atoms with Crippen LogP contribution in [0.15, 0.2) is 57.4 Å². The molecule has 0 atom stereocenters. The van der Waals surface area contributed by atoms with Gasteiger partial charge in [-0.1, -0.05) is 52.5 Å². The summed E-state index contributed by atoms with van der Waals surface area (Å²) < 4.78 is 57.3. The highest BCUT2D eigenvalue weighted by Gasteiger charge is 2.30. The molecule has 0 aliphatic heterocycles. The molecule has 4 aromatic rings. The van der Waals surface area contributed by atoms with Crippen LogP contribution in [-0.2, 0) is 18.5 Å². The van der Waals surface area contributed by atoms with Crippen molar-refractivity contribution in [3.05, 3.63) is 71.4 Å². The van der Waals surface area contributed by atoms with E-state index in [1.165, 1.54) is 47.4 Å². The Bertz CT molecular complexity index is 1160. The molecule has 12 heteroatoms. The van der Waals surface area contributed by atoms with Crippen LogP contribution < -0.4 is 5.32 Å². The van der Waals surface area contributed by atoms with Crippen LogP contribution in [0.1, 0.15) is 17.0 Å². The highest BCUT2D eigenvalue weighted by Crippen LogP contribution is 2.32. The van der Waals surface area contributed by atoms with E-state index in [1.807, 2.05) is 0 Å². The van der Waals surface area contributed by atoms with Gasteiger partial charge < -0.3 is 9.84 Å². The fourth-order valence-corrected chi connectivity index (χ4v) is 4.09. The van der Waals surface area contributed by atoms with Crippen LogP contribution in [0.3, 0.4) is 0 Å². The molecule has 4 rings (SSSR count). The summed E-state index contributed by atoms with van der Waals surface area (Å²) in [4.78, 5) is 4.15. The fourth-order valence-electron chi connectivity index (χ4n) is 2.51. The van der Waals surface area contributed by atoms with Gasteiger partial charge in [-0.05, 0) is 29.8 Å². The summed E-state index contributed by atoms with van der Waals surface area (Å²) >= 11 is 2.64. The molecule has 0 aliphatic carbocycles. The summed E-state index contributed by atoms with van der Waals surface area (Å²) in [5.74, 6) is 0.336. The first-order chi connectivity index (χ1) is 14.9. The van der Waals surface area contributed by atoms with Crippen LogP contribution in [0.4, 0.5) is 22.7 Å². The lowest BCUT2D eigenvalue weighted by atomic mass is 10.1. The van der Waals surface area contributed by atoms with Crippen molar-refractivity contribution in [2.75, 3.05) is 5.32 Å². The Kier molecular flexibility index (Phi) is 6.18. The number of hydrogen-bond donors (Lipinski definition) is 1. The number of aromatic nitrogens is 4. The average molecular weight is 467 g/mol. The molecule has 0 amide bonds. The van der Waals surface area contributed by atoms with Gasteiger partial charge in [0.25, 0.3) is 0 Å². The molecule has 6 nitrogen and oxygen atoms in total. The highest BCUT2D eigenvalue weighted by atomic mass is 32.2. The quantitative estimate of drug-likeness (QED) is 0.278. The van der Waals surface area contributed by atoms with Gasteiger partial charge in [0.05, 0.1) is 11.3 Å². The normalized spacial score (nSPS) is 11.6. The van der Waals surface area contributed by atoms with Gasteiger partial charge in [-0.25, -0.2) is 4.39 Å². The second kappa shape index (κ2) is 9.02. The molecule has 160 valence electrons. The van der Waals surface area contributed by atoms with Gasteiger partial charge >= 0.3 is 6.18 Å². The van der Waals surface area contributed by atoms with Gasteiger partial charge in [-0.2, -0.15) is 18.2 Å². The van der Waals surface area contributed by atoms with E-state index in [2.05, 4.69) is 25.7 Å². The number of nitrogens with one attached hydrogen (secondary N) is 1. The average Bonchev–Trinajstić information content (AvgIpc) is 3.41. The molecule has 0 saturated carbocycles. The maximum Gasteiger partial charge on any atom is 0.416 e. The van der Waals surface area contributed by atoms with Crippen LogP contribution in [-0.4, -0.2) is 20.3 Å². The Morgan fingerprint density at radius 1 is 1.06 bits per heavy atom. The third-order valence-corrected chi connectivity index (χ3v) is 6.00. The number of nitrogens with zero attached hydrogens (tertiary/aromatic N) is 4. The zero-order valence-corrected chi connectivity index (χ0v) is 17.2. The van der Waals surface area contributed by atoms with Crippen molar-refractivity contribution < 1.29 is 22.1 Å². The first-order valence-corrected chi connectivity index (χ1v) is 10.6. The van der Waals surface area contributed by atoms with Crippen LogP contribution in [0, 0.1) is 5.82 Å². The van der Waals surface area contributed by atoms with E-state index in [1.54, 1.807) is 12.1 Å². The summed E-state index contributed by atoms with van der Waals surface area (Å²) in [5.41, 5.74) is 0.344. The summed E-state index contributed by atoms with van der Waals surface area (Å²) in [6.07, 6.45) is -4.45. The van der Waals surface area contributed by atoms with Crippen molar-refractivity contribution in [3.63, 3.8) is 0 Å². The molecule has 31 heavy (non-hydrogen) atoms. The molecule has 0 bridgehead atoms. The van der Waals surface area contributed by atoms with Gasteiger partial charge in [-0.15, -0.1) is 10.2 Å². The minimum atomic E-state index is -4.45. The highest BCUT2D eigenvalue weighted by molar-refractivity contribution is 8.00.